The molecule has 0 saturated carbocycles. The number of thiazole rings is 1. The second-order valence-corrected chi connectivity index (χ2v) is 7.62. The number of fused-ring (bicyclic) bond motifs is 1. The third-order valence-electron chi connectivity index (χ3n) is 4.71. The summed E-state index contributed by atoms with van der Waals surface area (Å²) in [4.78, 5) is 29.7. The summed E-state index contributed by atoms with van der Waals surface area (Å²) in [7, 11) is 4.70. The largest absolute Gasteiger partial charge is 0.497 e. The highest BCUT2D eigenvalue weighted by Gasteiger charge is 2.12. The number of ether oxygens (including phenoxy) is 3. The molecule has 4 rings (SSSR count). The molecule has 0 atom stereocenters. The van der Waals surface area contributed by atoms with E-state index in [2.05, 4.69) is 10.1 Å². The first-order valence-electron chi connectivity index (χ1n) is 9.32. The third kappa shape index (κ3) is 4.13. The van der Waals surface area contributed by atoms with E-state index in [4.69, 9.17) is 14.2 Å². The van der Waals surface area contributed by atoms with Gasteiger partial charge in [0.2, 0.25) is 4.96 Å². The zero-order valence-electron chi connectivity index (χ0n) is 17.1. The number of nitrogens with zero attached hydrogens (tertiary/aromatic N) is 3. The van der Waals surface area contributed by atoms with Gasteiger partial charge in [0.25, 0.3) is 11.1 Å². The summed E-state index contributed by atoms with van der Waals surface area (Å²) in [6.45, 7) is 0. The summed E-state index contributed by atoms with van der Waals surface area (Å²) in [5, 5.41) is 4.28. The molecule has 0 aliphatic heterocycles. The summed E-state index contributed by atoms with van der Waals surface area (Å²) in [6.07, 6.45) is 1.95. The van der Waals surface area contributed by atoms with Crippen LogP contribution in [0.25, 0.3) is 11.0 Å². The lowest BCUT2D eigenvalue weighted by molar-refractivity contribution is 0.393. The molecule has 158 valence electrons. The van der Waals surface area contributed by atoms with Gasteiger partial charge in [0, 0.05) is 18.1 Å². The Morgan fingerprint density at radius 2 is 1.68 bits per heavy atom. The Bertz CT molecular complexity index is 1410. The van der Waals surface area contributed by atoms with Gasteiger partial charge in [-0.2, -0.15) is 14.6 Å². The highest BCUT2D eigenvalue weighted by atomic mass is 32.1. The van der Waals surface area contributed by atoms with Crippen molar-refractivity contribution in [3.8, 4) is 17.2 Å². The van der Waals surface area contributed by atoms with Crippen LogP contribution in [0.1, 0.15) is 16.8 Å². The maximum atomic E-state index is 12.9. The van der Waals surface area contributed by atoms with Crippen molar-refractivity contribution >= 4 is 22.4 Å². The van der Waals surface area contributed by atoms with Crippen LogP contribution >= 0.6 is 11.3 Å². The summed E-state index contributed by atoms with van der Waals surface area (Å²) in [5.41, 5.74) is 0.969. The van der Waals surface area contributed by atoms with E-state index in [0.717, 1.165) is 22.6 Å². The van der Waals surface area contributed by atoms with E-state index in [1.54, 1.807) is 57.7 Å². The van der Waals surface area contributed by atoms with Crippen LogP contribution in [0.3, 0.4) is 0 Å². The van der Waals surface area contributed by atoms with E-state index in [9.17, 15) is 9.59 Å². The molecule has 0 N–H and O–H groups in total. The molecule has 0 spiro atoms. The van der Waals surface area contributed by atoms with Crippen LogP contribution in [0.4, 0.5) is 0 Å². The van der Waals surface area contributed by atoms with E-state index in [0.29, 0.717) is 21.6 Å². The topological polar surface area (TPSA) is 92.0 Å². The maximum Gasteiger partial charge on any atom is 0.296 e. The zero-order chi connectivity index (χ0) is 22.0. The molecule has 31 heavy (non-hydrogen) atoms. The minimum atomic E-state index is -0.453. The number of aromatic nitrogens is 3. The lowest BCUT2D eigenvalue weighted by Gasteiger charge is -2.06. The molecular formula is C22H19N3O5S. The van der Waals surface area contributed by atoms with Crippen molar-refractivity contribution in [2.75, 3.05) is 21.3 Å². The average Bonchev–Trinajstić information content (AvgIpc) is 3.09. The van der Waals surface area contributed by atoms with Gasteiger partial charge in [-0.1, -0.05) is 23.5 Å². The first kappa shape index (κ1) is 20.5. The maximum absolute atomic E-state index is 12.9. The highest BCUT2D eigenvalue weighted by molar-refractivity contribution is 7.15. The lowest BCUT2D eigenvalue weighted by atomic mass is 10.1. The summed E-state index contributed by atoms with van der Waals surface area (Å²) in [6, 6.07) is 12.6. The standard InChI is InChI=1S/C22H19N3O5S/c1-28-15-7-4-13(5-8-15)10-17-20(26)23-22-25(24-17)21(27)19(31-22)11-14-6-9-16(29-2)12-18(14)30-3/h4-9,11-12H,10H2,1-3H3. The van der Waals surface area contributed by atoms with Crippen molar-refractivity contribution in [1.29, 1.82) is 0 Å². The number of methoxy groups -OCH3 is 3. The molecular weight excluding hydrogens is 418 g/mol. The molecule has 0 saturated heterocycles. The molecule has 2 aromatic carbocycles. The molecule has 0 bridgehead atoms. The molecule has 9 heteroatoms. The van der Waals surface area contributed by atoms with Crippen LogP contribution in [-0.4, -0.2) is 35.9 Å². The molecule has 0 radical (unpaired) electrons. The second-order valence-electron chi connectivity index (χ2n) is 6.61. The first-order chi connectivity index (χ1) is 15.0. The van der Waals surface area contributed by atoms with Crippen LogP contribution in [0.2, 0.25) is 0 Å². The fourth-order valence-electron chi connectivity index (χ4n) is 3.07. The van der Waals surface area contributed by atoms with E-state index in [-0.39, 0.29) is 22.6 Å². The van der Waals surface area contributed by atoms with Crippen LogP contribution in [0.5, 0.6) is 17.2 Å². The highest BCUT2D eigenvalue weighted by Crippen LogP contribution is 2.25. The van der Waals surface area contributed by atoms with E-state index in [1.807, 2.05) is 12.1 Å². The van der Waals surface area contributed by atoms with Gasteiger partial charge in [-0.25, -0.2) is 0 Å². The summed E-state index contributed by atoms with van der Waals surface area (Å²) < 4.78 is 17.3. The predicted molar refractivity (Wildman–Crippen MR) is 118 cm³/mol. The van der Waals surface area contributed by atoms with E-state index < -0.39 is 5.56 Å². The summed E-state index contributed by atoms with van der Waals surface area (Å²) in [5.74, 6) is 1.92. The van der Waals surface area contributed by atoms with Crippen LogP contribution in [-0.2, 0) is 6.42 Å². The van der Waals surface area contributed by atoms with Gasteiger partial charge in [0.15, 0.2) is 0 Å². The van der Waals surface area contributed by atoms with Gasteiger partial charge in [-0.3, -0.25) is 9.59 Å². The van der Waals surface area contributed by atoms with Crippen molar-refractivity contribution in [2.24, 2.45) is 0 Å². The Morgan fingerprint density at radius 1 is 0.968 bits per heavy atom. The third-order valence-corrected chi connectivity index (χ3v) is 5.67. The van der Waals surface area contributed by atoms with Gasteiger partial charge in [-0.15, -0.1) is 0 Å². The van der Waals surface area contributed by atoms with E-state index >= 15 is 0 Å². The molecule has 2 aromatic heterocycles. The Kier molecular flexibility index (Phi) is 5.68. The molecule has 0 unspecified atom stereocenters. The Labute approximate surface area is 181 Å². The quantitative estimate of drug-likeness (QED) is 0.453. The monoisotopic (exact) mass is 437 g/mol. The van der Waals surface area contributed by atoms with Crippen molar-refractivity contribution in [2.45, 2.75) is 6.42 Å². The second kappa shape index (κ2) is 8.57. The van der Waals surface area contributed by atoms with Crippen molar-refractivity contribution in [3.63, 3.8) is 0 Å². The Morgan fingerprint density at radius 3 is 2.35 bits per heavy atom. The molecule has 4 aromatic rings. The number of benzene rings is 2. The van der Waals surface area contributed by atoms with Gasteiger partial charge in [0.05, 0.1) is 25.9 Å². The molecule has 0 amide bonds. The molecule has 8 nitrogen and oxygen atoms in total. The number of rotatable bonds is 6. The summed E-state index contributed by atoms with van der Waals surface area (Å²) >= 11 is 1.10. The molecule has 0 fully saturated rings. The Hall–Kier alpha value is -3.72. The molecule has 0 aliphatic rings. The fourth-order valence-corrected chi connectivity index (χ4v) is 3.96. The minimum absolute atomic E-state index is 0.200. The fraction of sp³-hybridized carbons (Fsp3) is 0.182. The van der Waals surface area contributed by atoms with Gasteiger partial charge in [-0.05, 0) is 35.9 Å². The van der Waals surface area contributed by atoms with Crippen molar-refractivity contribution < 1.29 is 14.2 Å². The molecule has 0 aliphatic carbocycles. The number of hydrogen-bond donors (Lipinski definition) is 0. The normalized spacial score (nSPS) is 11.6. The van der Waals surface area contributed by atoms with E-state index in [1.165, 1.54) is 4.52 Å². The first-order valence-corrected chi connectivity index (χ1v) is 10.1. The van der Waals surface area contributed by atoms with Crippen LogP contribution < -0.4 is 29.9 Å². The number of hydrogen-bond acceptors (Lipinski definition) is 8. The Balaban J connectivity index is 1.76. The minimum Gasteiger partial charge on any atom is -0.497 e. The SMILES string of the molecule is COc1ccc(Cc2nn3c(=O)c(=Cc4ccc(OC)cc4OC)sc3nc2=O)cc1. The van der Waals surface area contributed by atoms with Crippen LogP contribution in [0.15, 0.2) is 52.1 Å². The van der Waals surface area contributed by atoms with Crippen molar-refractivity contribution in [1.82, 2.24) is 14.6 Å². The zero-order valence-corrected chi connectivity index (χ0v) is 17.9. The smallest absolute Gasteiger partial charge is 0.296 e. The van der Waals surface area contributed by atoms with Gasteiger partial charge >= 0.3 is 0 Å². The van der Waals surface area contributed by atoms with Gasteiger partial charge < -0.3 is 14.2 Å². The molecule has 2 heterocycles. The van der Waals surface area contributed by atoms with Crippen molar-refractivity contribution in [3.05, 3.63) is 84.5 Å². The predicted octanol–water partition coefficient (Wildman–Crippen LogP) is 1.68. The van der Waals surface area contributed by atoms with Gasteiger partial charge in [0.1, 0.15) is 22.9 Å². The van der Waals surface area contributed by atoms with Crippen LogP contribution in [0, 0.1) is 0 Å². The lowest BCUT2D eigenvalue weighted by Crippen LogP contribution is -2.28. The average molecular weight is 437 g/mol.